The predicted molar refractivity (Wildman–Crippen MR) is 78.5 cm³/mol. The number of hydrogen-bond donors (Lipinski definition) is 2. The lowest BCUT2D eigenvalue weighted by Gasteiger charge is -2.12. The lowest BCUT2D eigenvalue weighted by atomic mass is 10.00. The van der Waals surface area contributed by atoms with Gasteiger partial charge in [-0.05, 0) is 41.5 Å². The summed E-state index contributed by atoms with van der Waals surface area (Å²) < 4.78 is 0. The number of rotatable bonds is 3. The number of hydrogen-bond acceptors (Lipinski definition) is 3. The number of phenolic OH excluding ortho intramolecular Hbond substituents is 1. The van der Waals surface area contributed by atoms with Gasteiger partial charge in [-0.3, -0.25) is 4.98 Å². The average molecular weight is 265 g/mol. The van der Waals surface area contributed by atoms with Crippen LogP contribution in [0.5, 0.6) is 5.75 Å². The van der Waals surface area contributed by atoms with Gasteiger partial charge in [-0.15, -0.1) is 0 Å². The van der Waals surface area contributed by atoms with Crippen LogP contribution in [0.4, 0.5) is 0 Å². The molecule has 3 rings (SSSR count). The van der Waals surface area contributed by atoms with E-state index in [4.69, 9.17) is 0 Å². The molecule has 0 saturated carbocycles. The summed E-state index contributed by atoms with van der Waals surface area (Å²) >= 11 is 0. The lowest BCUT2D eigenvalue weighted by Crippen LogP contribution is -2.01. The molecule has 0 aliphatic rings. The van der Waals surface area contributed by atoms with E-state index in [0.29, 0.717) is 6.42 Å². The summed E-state index contributed by atoms with van der Waals surface area (Å²) in [7, 11) is 0. The van der Waals surface area contributed by atoms with E-state index in [-0.39, 0.29) is 5.75 Å². The van der Waals surface area contributed by atoms with Crippen molar-refractivity contribution in [3.63, 3.8) is 0 Å². The predicted octanol–water partition coefficient (Wildman–Crippen LogP) is 3.22. The maximum Gasteiger partial charge on any atom is 0.115 e. The molecule has 2 aromatic carbocycles. The van der Waals surface area contributed by atoms with Crippen LogP contribution in [0.15, 0.2) is 60.8 Å². The summed E-state index contributed by atoms with van der Waals surface area (Å²) in [5, 5.41) is 20.8. The standard InChI is InChI=1S/C17H15NO2/c19-15-5-1-3-12(9-15)10-17(20)14-6-7-16-13(11-14)4-2-8-18-16/h1-9,11,17,19-20H,10H2. The highest BCUT2D eigenvalue weighted by Gasteiger charge is 2.09. The molecule has 0 bridgehead atoms. The average Bonchev–Trinajstić information content (AvgIpc) is 2.47. The fourth-order valence-corrected chi connectivity index (χ4v) is 2.33. The molecule has 3 nitrogen and oxygen atoms in total. The first-order valence-corrected chi connectivity index (χ1v) is 6.53. The highest BCUT2D eigenvalue weighted by Crippen LogP contribution is 2.23. The topological polar surface area (TPSA) is 53.4 Å². The van der Waals surface area contributed by atoms with Crippen LogP contribution in [-0.2, 0) is 6.42 Å². The van der Waals surface area contributed by atoms with Crippen molar-refractivity contribution in [2.24, 2.45) is 0 Å². The fourth-order valence-electron chi connectivity index (χ4n) is 2.33. The Morgan fingerprint density at radius 2 is 1.90 bits per heavy atom. The van der Waals surface area contributed by atoms with Crippen molar-refractivity contribution in [3.05, 3.63) is 71.9 Å². The smallest absolute Gasteiger partial charge is 0.115 e. The van der Waals surface area contributed by atoms with Crippen molar-refractivity contribution < 1.29 is 10.2 Å². The number of aromatic hydroxyl groups is 1. The first-order valence-electron chi connectivity index (χ1n) is 6.53. The molecular formula is C17H15NO2. The van der Waals surface area contributed by atoms with Gasteiger partial charge in [0.2, 0.25) is 0 Å². The van der Waals surface area contributed by atoms with Crippen LogP contribution in [-0.4, -0.2) is 15.2 Å². The molecule has 1 aromatic heterocycles. The van der Waals surface area contributed by atoms with E-state index >= 15 is 0 Å². The molecule has 0 spiro atoms. The SMILES string of the molecule is Oc1cccc(CC(O)c2ccc3ncccc3c2)c1. The first-order chi connectivity index (χ1) is 9.72. The van der Waals surface area contributed by atoms with Gasteiger partial charge in [0.25, 0.3) is 0 Å². The molecule has 0 amide bonds. The summed E-state index contributed by atoms with van der Waals surface area (Å²) in [6.07, 6.45) is 1.63. The van der Waals surface area contributed by atoms with Crippen molar-refractivity contribution in [2.75, 3.05) is 0 Å². The number of aromatic nitrogens is 1. The van der Waals surface area contributed by atoms with E-state index in [2.05, 4.69) is 4.98 Å². The zero-order valence-electron chi connectivity index (χ0n) is 10.9. The van der Waals surface area contributed by atoms with Gasteiger partial charge < -0.3 is 10.2 Å². The van der Waals surface area contributed by atoms with Gasteiger partial charge in [-0.1, -0.05) is 24.3 Å². The molecule has 3 heteroatoms. The van der Waals surface area contributed by atoms with Gasteiger partial charge in [-0.2, -0.15) is 0 Å². The molecule has 2 N–H and O–H groups in total. The molecule has 0 radical (unpaired) electrons. The summed E-state index contributed by atoms with van der Waals surface area (Å²) in [5.74, 6) is 0.220. The van der Waals surface area contributed by atoms with E-state index in [0.717, 1.165) is 22.0 Å². The van der Waals surface area contributed by atoms with Crippen molar-refractivity contribution >= 4 is 10.9 Å². The zero-order chi connectivity index (χ0) is 13.9. The quantitative estimate of drug-likeness (QED) is 0.764. The summed E-state index contributed by atoms with van der Waals surface area (Å²) in [6.45, 7) is 0. The molecular weight excluding hydrogens is 250 g/mol. The van der Waals surface area contributed by atoms with Crippen molar-refractivity contribution in [1.82, 2.24) is 4.98 Å². The van der Waals surface area contributed by atoms with Crippen LogP contribution in [0.1, 0.15) is 17.2 Å². The molecule has 100 valence electrons. The van der Waals surface area contributed by atoms with Crippen molar-refractivity contribution in [1.29, 1.82) is 0 Å². The molecule has 0 aliphatic heterocycles. The number of aliphatic hydroxyl groups excluding tert-OH is 1. The summed E-state index contributed by atoms with van der Waals surface area (Å²) in [4.78, 5) is 4.26. The van der Waals surface area contributed by atoms with Gasteiger partial charge in [0.05, 0.1) is 11.6 Å². The van der Waals surface area contributed by atoms with Crippen LogP contribution in [0.2, 0.25) is 0 Å². The third-order valence-corrected chi connectivity index (χ3v) is 3.35. The maximum absolute atomic E-state index is 10.3. The third-order valence-electron chi connectivity index (χ3n) is 3.35. The molecule has 0 aliphatic carbocycles. The summed E-state index contributed by atoms with van der Waals surface area (Å²) in [5.41, 5.74) is 2.68. The monoisotopic (exact) mass is 265 g/mol. The lowest BCUT2D eigenvalue weighted by molar-refractivity contribution is 0.178. The Labute approximate surface area is 117 Å². The molecule has 1 heterocycles. The third kappa shape index (κ3) is 2.63. The van der Waals surface area contributed by atoms with Crippen LogP contribution in [0.25, 0.3) is 10.9 Å². The summed E-state index contributed by atoms with van der Waals surface area (Å²) in [6, 6.07) is 16.6. The molecule has 1 unspecified atom stereocenters. The largest absolute Gasteiger partial charge is 0.508 e. The highest BCUT2D eigenvalue weighted by atomic mass is 16.3. The number of fused-ring (bicyclic) bond motifs is 1. The van der Waals surface area contributed by atoms with Crippen molar-refractivity contribution in [2.45, 2.75) is 12.5 Å². The molecule has 1 atom stereocenters. The normalized spacial score (nSPS) is 12.4. The van der Waals surface area contributed by atoms with Gasteiger partial charge >= 0.3 is 0 Å². The second-order valence-electron chi connectivity index (χ2n) is 4.85. The first kappa shape index (κ1) is 12.6. The molecule has 0 saturated heterocycles. The maximum atomic E-state index is 10.3. The molecule has 20 heavy (non-hydrogen) atoms. The zero-order valence-corrected chi connectivity index (χ0v) is 10.9. The Kier molecular flexibility index (Phi) is 3.35. The van der Waals surface area contributed by atoms with Crippen LogP contribution < -0.4 is 0 Å². The van der Waals surface area contributed by atoms with Gasteiger partial charge in [0.1, 0.15) is 5.75 Å². The molecule has 0 fully saturated rings. The second kappa shape index (κ2) is 5.31. The Morgan fingerprint density at radius 3 is 2.75 bits per heavy atom. The van der Waals surface area contributed by atoms with E-state index in [1.165, 1.54) is 0 Å². The number of pyridine rings is 1. The van der Waals surface area contributed by atoms with Crippen molar-refractivity contribution in [3.8, 4) is 5.75 Å². The van der Waals surface area contributed by atoms with Gasteiger partial charge in [0.15, 0.2) is 0 Å². The fraction of sp³-hybridized carbons (Fsp3) is 0.118. The number of aliphatic hydroxyl groups is 1. The van der Waals surface area contributed by atoms with Crippen LogP contribution in [0, 0.1) is 0 Å². The van der Waals surface area contributed by atoms with E-state index in [1.807, 2.05) is 36.4 Å². The van der Waals surface area contributed by atoms with E-state index in [1.54, 1.807) is 24.4 Å². The Morgan fingerprint density at radius 1 is 1.00 bits per heavy atom. The molecule has 3 aromatic rings. The van der Waals surface area contributed by atoms with Crippen LogP contribution in [0.3, 0.4) is 0 Å². The highest BCUT2D eigenvalue weighted by molar-refractivity contribution is 5.79. The van der Waals surface area contributed by atoms with E-state index < -0.39 is 6.10 Å². The Balaban J connectivity index is 1.86. The van der Waals surface area contributed by atoms with Gasteiger partial charge in [0, 0.05) is 18.0 Å². The number of phenols is 1. The van der Waals surface area contributed by atoms with E-state index in [9.17, 15) is 10.2 Å². The van der Waals surface area contributed by atoms with Crippen LogP contribution >= 0.6 is 0 Å². The minimum Gasteiger partial charge on any atom is -0.508 e. The number of benzene rings is 2. The number of nitrogens with zero attached hydrogens (tertiary/aromatic N) is 1. The Hall–Kier alpha value is -2.39. The Bertz CT molecular complexity index is 740. The minimum atomic E-state index is -0.596. The van der Waals surface area contributed by atoms with Gasteiger partial charge in [-0.25, -0.2) is 0 Å². The second-order valence-corrected chi connectivity index (χ2v) is 4.85. The minimum absolute atomic E-state index is 0.220.